The third kappa shape index (κ3) is 5.57. The normalized spacial score (nSPS) is 14.7. The van der Waals surface area contributed by atoms with Crippen molar-refractivity contribution in [3.8, 4) is 0 Å². The van der Waals surface area contributed by atoms with Crippen molar-refractivity contribution in [3.63, 3.8) is 0 Å². The van der Waals surface area contributed by atoms with E-state index in [1.165, 1.54) is 17.7 Å². The van der Waals surface area contributed by atoms with E-state index in [1.807, 2.05) is 17.8 Å². The first-order valence-electron chi connectivity index (χ1n) is 6.15. The van der Waals surface area contributed by atoms with Gasteiger partial charge in [0.15, 0.2) is 0 Å². The Labute approximate surface area is 104 Å². The summed E-state index contributed by atoms with van der Waals surface area (Å²) in [5, 5.41) is 0. The second kappa shape index (κ2) is 7.75. The van der Waals surface area contributed by atoms with E-state index < -0.39 is 0 Å². The lowest BCUT2D eigenvalue weighted by Gasteiger charge is -2.16. The van der Waals surface area contributed by atoms with Crippen LogP contribution in [0.15, 0.2) is 35.2 Å². The first-order valence-corrected chi connectivity index (χ1v) is 7.14. The van der Waals surface area contributed by atoms with Crippen LogP contribution in [0.2, 0.25) is 0 Å². The van der Waals surface area contributed by atoms with E-state index in [0.717, 1.165) is 18.1 Å². The minimum absolute atomic E-state index is 0.326. The molecule has 0 aliphatic rings. The molecule has 1 aromatic rings. The maximum Gasteiger partial charge on any atom is 0.0136 e. The van der Waals surface area contributed by atoms with Crippen molar-refractivity contribution in [1.82, 2.24) is 0 Å². The molecule has 2 unspecified atom stereocenters. The number of benzene rings is 1. The predicted molar refractivity (Wildman–Crippen MR) is 73.8 cm³/mol. The molecule has 1 aromatic carbocycles. The van der Waals surface area contributed by atoms with Gasteiger partial charge in [-0.2, -0.15) is 0 Å². The van der Waals surface area contributed by atoms with Gasteiger partial charge < -0.3 is 5.73 Å². The van der Waals surface area contributed by atoms with Gasteiger partial charge in [-0.05, 0) is 24.5 Å². The molecule has 90 valence electrons. The summed E-state index contributed by atoms with van der Waals surface area (Å²) < 4.78 is 0. The molecule has 0 bridgehead atoms. The van der Waals surface area contributed by atoms with Crippen LogP contribution < -0.4 is 5.73 Å². The van der Waals surface area contributed by atoms with Gasteiger partial charge in [0, 0.05) is 16.7 Å². The summed E-state index contributed by atoms with van der Waals surface area (Å²) in [6.45, 7) is 4.54. The molecule has 0 radical (unpaired) electrons. The fourth-order valence-electron chi connectivity index (χ4n) is 1.92. The van der Waals surface area contributed by atoms with Crippen molar-refractivity contribution >= 4 is 11.8 Å². The van der Waals surface area contributed by atoms with E-state index in [0.29, 0.717) is 6.04 Å². The number of hydrogen-bond acceptors (Lipinski definition) is 2. The van der Waals surface area contributed by atoms with Crippen LogP contribution >= 0.6 is 11.8 Å². The van der Waals surface area contributed by atoms with Crippen LogP contribution in [0.25, 0.3) is 0 Å². The largest absolute Gasteiger partial charge is 0.327 e. The van der Waals surface area contributed by atoms with Crippen molar-refractivity contribution in [2.45, 2.75) is 44.0 Å². The van der Waals surface area contributed by atoms with E-state index in [-0.39, 0.29) is 0 Å². The van der Waals surface area contributed by atoms with Crippen LogP contribution in [0.4, 0.5) is 0 Å². The molecule has 0 fully saturated rings. The standard InChI is InChI=1S/C14H23NS/c1-3-7-12(2)10-13(15)11-16-14-8-5-4-6-9-14/h4-6,8-9,12-13H,3,7,10-11,15H2,1-2H3. The average molecular weight is 237 g/mol. The Morgan fingerprint density at radius 2 is 1.94 bits per heavy atom. The first-order chi connectivity index (χ1) is 7.72. The van der Waals surface area contributed by atoms with E-state index in [2.05, 4.69) is 38.1 Å². The van der Waals surface area contributed by atoms with Crippen molar-refractivity contribution in [1.29, 1.82) is 0 Å². The van der Waals surface area contributed by atoms with E-state index in [9.17, 15) is 0 Å². The average Bonchev–Trinajstić information content (AvgIpc) is 2.28. The third-order valence-electron chi connectivity index (χ3n) is 2.69. The van der Waals surface area contributed by atoms with Crippen LogP contribution in [0, 0.1) is 5.92 Å². The lowest BCUT2D eigenvalue weighted by atomic mass is 9.99. The van der Waals surface area contributed by atoms with Crippen molar-refractivity contribution in [2.75, 3.05) is 5.75 Å². The molecule has 0 saturated heterocycles. The SMILES string of the molecule is CCCC(C)CC(N)CSc1ccccc1. The maximum atomic E-state index is 6.13. The van der Waals surface area contributed by atoms with Gasteiger partial charge in [-0.3, -0.25) is 0 Å². The highest BCUT2D eigenvalue weighted by Gasteiger charge is 2.08. The monoisotopic (exact) mass is 237 g/mol. The Morgan fingerprint density at radius 3 is 2.56 bits per heavy atom. The molecule has 16 heavy (non-hydrogen) atoms. The van der Waals surface area contributed by atoms with Gasteiger partial charge in [0.2, 0.25) is 0 Å². The zero-order chi connectivity index (χ0) is 11.8. The summed E-state index contributed by atoms with van der Waals surface area (Å²) in [6, 6.07) is 10.8. The van der Waals surface area contributed by atoms with Crippen LogP contribution in [-0.2, 0) is 0 Å². The molecule has 0 aromatic heterocycles. The quantitative estimate of drug-likeness (QED) is 0.727. The summed E-state index contributed by atoms with van der Waals surface area (Å²) in [6.07, 6.45) is 3.71. The van der Waals surface area contributed by atoms with Gasteiger partial charge in [0.05, 0.1) is 0 Å². The zero-order valence-electron chi connectivity index (χ0n) is 10.4. The lowest BCUT2D eigenvalue weighted by Crippen LogP contribution is -2.25. The molecule has 1 rings (SSSR count). The molecule has 0 saturated carbocycles. The van der Waals surface area contributed by atoms with Gasteiger partial charge in [-0.15, -0.1) is 11.8 Å². The Hall–Kier alpha value is -0.470. The summed E-state index contributed by atoms with van der Waals surface area (Å²) in [5.41, 5.74) is 6.13. The summed E-state index contributed by atoms with van der Waals surface area (Å²) >= 11 is 1.86. The lowest BCUT2D eigenvalue weighted by molar-refractivity contribution is 0.450. The highest BCUT2D eigenvalue weighted by atomic mass is 32.2. The van der Waals surface area contributed by atoms with Crippen LogP contribution in [0.3, 0.4) is 0 Å². The third-order valence-corrected chi connectivity index (χ3v) is 3.89. The number of rotatable bonds is 7. The van der Waals surface area contributed by atoms with Crippen LogP contribution in [0.5, 0.6) is 0 Å². The van der Waals surface area contributed by atoms with Gasteiger partial charge >= 0.3 is 0 Å². The minimum atomic E-state index is 0.326. The Balaban J connectivity index is 2.22. The molecule has 1 nitrogen and oxygen atoms in total. The highest BCUT2D eigenvalue weighted by molar-refractivity contribution is 7.99. The zero-order valence-corrected chi connectivity index (χ0v) is 11.2. The Bertz CT molecular complexity index is 273. The number of nitrogens with two attached hydrogens (primary N) is 1. The predicted octanol–water partition coefficient (Wildman–Crippen LogP) is 3.93. The van der Waals surface area contributed by atoms with Crippen LogP contribution in [0.1, 0.15) is 33.1 Å². The number of hydrogen-bond donors (Lipinski definition) is 1. The van der Waals surface area contributed by atoms with Crippen molar-refractivity contribution < 1.29 is 0 Å². The fourth-order valence-corrected chi connectivity index (χ4v) is 2.81. The van der Waals surface area contributed by atoms with Crippen LogP contribution in [-0.4, -0.2) is 11.8 Å². The highest BCUT2D eigenvalue weighted by Crippen LogP contribution is 2.20. The van der Waals surface area contributed by atoms with Gasteiger partial charge in [-0.25, -0.2) is 0 Å². The van der Waals surface area contributed by atoms with E-state index >= 15 is 0 Å². The van der Waals surface area contributed by atoms with E-state index in [1.54, 1.807) is 0 Å². The Morgan fingerprint density at radius 1 is 1.25 bits per heavy atom. The second-order valence-corrected chi connectivity index (χ2v) is 5.61. The molecular formula is C14H23NS. The molecule has 2 heteroatoms. The molecule has 0 heterocycles. The maximum absolute atomic E-state index is 6.13. The van der Waals surface area contributed by atoms with E-state index in [4.69, 9.17) is 5.73 Å². The molecule has 2 atom stereocenters. The van der Waals surface area contributed by atoms with Gasteiger partial charge in [0.1, 0.15) is 0 Å². The molecule has 0 amide bonds. The smallest absolute Gasteiger partial charge is 0.0136 e. The van der Waals surface area contributed by atoms with Gasteiger partial charge in [0.25, 0.3) is 0 Å². The van der Waals surface area contributed by atoms with Crippen molar-refractivity contribution in [2.24, 2.45) is 11.7 Å². The molecule has 0 spiro atoms. The van der Waals surface area contributed by atoms with Gasteiger partial charge in [-0.1, -0.05) is 44.9 Å². The summed E-state index contributed by atoms with van der Waals surface area (Å²) in [5.74, 6) is 1.79. The summed E-state index contributed by atoms with van der Waals surface area (Å²) in [4.78, 5) is 1.32. The van der Waals surface area contributed by atoms with Crippen molar-refractivity contribution in [3.05, 3.63) is 30.3 Å². The topological polar surface area (TPSA) is 26.0 Å². The minimum Gasteiger partial charge on any atom is -0.327 e. The molecule has 2 N–H and O–H groups in total. The molecule has 0 aliphatic carbocycles. The summed E-state index contributed by atoms with van der Waals surface area (Å²) in [7, 11) is 0. The second-order valence-electron chi connectivity index (χ2n) is 4.51. The fraction of sp³-hybridized carbons (Fsp3) is 0.571. The Kier molecular flexibility index (Phi) is 6.58. The molecular weight excluding hydrogens is 214 g/mol. The molecule has 0 aliphatic heterocycles. The first kappa shape index (κ1) is 13.6. The number of thioether (sulfide) groups is 1.